The molecule has 0 bridgehead atoms. The normalized spacial score (nSPS) is 19.1. The number of carbonyl (C=O) groups is 1. The van der Waals surface area contributed by atoms with Crippen LogP contribution in [0.15, 0.2) is 24.4 Å². The minimum atomic E-state index is 0.00751. The van der Waals surface area contributed by atoms with Crippen LogP contribution in [-0.4, -0.2) is 23.8 Å². The maximum atomic E-state index is 12.1. The van der Waals surface area contributed by atoms with Gasteiger partial charge in [0.15, 0.2) is 5.78 Å². The zero-order valence-corrected chi connectivity index (χ0v) is 11.6. The second-order valence-corrected chi connectivity index (χ2v) is 5.98. The molecule has 1 rings (SSSR count). The first-order valence-corrected chi connectivity index (χ1v) is 6.47. The van der Waals surface area contributed by atoms with Gasteiger partial charge in [-0.15, -0.1) is 6.58 Å². The lowest BCUT2D eigenvalue weighted by molar-refractivity contribution is -0.116. The van der Waals surface area contributed by atoms with Gasteiger partial charge < -0.3 is 4.90 Å². The SMILES string of the molecule is C=CCC(=O)C1=CN(CC(C)C)CCC1(C)C. The van der Waals surface area contributed by atoms with Gasteiger partial charge in [0.05, 0.1) is 0 Å². The number of ketones is 1. The van der Waals surface area contributed by atoms with Crippen molar-refractivity contribution < 1.29 is 4.79 Å². The lowest BCUT2D eigenvalue weighted by Crippen LogP contribution is -2.36. The zero-order chi connectivity index (χ0) is 13.1. The van der Waals surface area contributed by atoms with Crippen LogP contribution >= 0.6 is 0 Å². The van der Waals surface area contributed by atoms with Crippen LogP contribution in [0.1, 0.15) is 40.5 Å². The Hall–Kier alpha value is -1.05. The molecular formula is C15H25NO. The number of hydrogen-bond acceptors (Lipinski definition) is 2. The van der Waals surface area contributed by atoms with Gasteiger partial charge >= 0.3 is 0 Å². The highest BCUT2D eigenvalue weighted by molar-refractivity contribution is 5.97. The van der Waals surface area contributed by atoms with Crippen LogP contribution in [0.2, 0.25) is 0 Å². The Morgan fingerprint density at radius 2 is 2.24 bits per heavy atom. The summed E-state index contributed by atoms with van der Waals surface area (Å²) in [7, 11) is 0. The predicted octanol–water partition coefficient (Wildman–Crippen LogP) is 3.40. The van der Waals surface area contributed by atoms with E-state index in [0.717, 1.165) is 25.1 Å². The molecule has 0 radical (unpaired) electrons. The van der Waals surface area contributed by atoms with Crippen molar-refractivity contribution in [2.45, 2.75) is 40.5 Å². The van der Waals surface area contributed by atoms with Gasteiger partial charge in [-0.25, -0.2) is 0 Å². The van der Waals surface area contributed by atoms with Crippen molar-refractivity contribution in [3.8, 4) is 0 Å². The summed E-state index contributed by atoms with van der Waals surface area (Å²) in [6.45, 7) is 14.5. The topological polar surface area (TPSA) is 20.3 Å². The molecule has 0 fully saturated rings. The standard InChI is InChI=1S/C15H25NO/c1-6-7-14(17)13-11-16(10-12(2)3)9-8-15(13,4)5/h6,11-12H,1,7-10H2,2-5H3. The summed E-state index contributed by atoms with van der Waals surface area (Å²) < 4.78 is 0. The molecule has 0 atom stereocenters. The Bertz CT molecular complexity index is 326. The molecule has 1 aliphatic heterocycles. The van der Waals surface area contributed by atoms with Crippen LogP contribution in [0, 0.1) is 11.3 Å². The first kappa shape index (κ1) is 14.0. The molecule has 0 aliphatic carbocycles. The maximum Gasteiger partial charge on any atom is 0.164 e. The average molecular weight is 235 g/mol. The summed E-state index contributed by atoms with van der Waals surface area (Å²) in [6, 6.07) is 0. The minimum Gasteiger partial charge on any atom is -0.377 e. The van der Waals surface area contributed by atoms with E-state index in [1.807, 2.05) is 0 Å². The van der Waals surface area contributed by atoms with Gasteiger partial charge in [-0.2, -0.15) is 0 Å². The van der Waals surface area contributed by atoms with E-state index in [4.69, 9.17) is 0 Å². The van der Waals surface area contributed by atoms with E-state index < -0.39 is 0 Å². The minimum absolute atomic E-state index is 0.00751. The second-order valence-electron chi connectivity index (χ2n) is 5.98. The van der Waals surface area contributed by atoms with Crippen molar-refractivity contribution in [1.29, 1.82) is 0 Å². The van der Waals surface area contributed by atoms with Gasteiger partial charge in [0.25, 0.3) is 0 Å². The van der Waals surface area contributed by atoms with Gasteiger partial charge in [0, 0.05) is 31.3 Å². The first-order chi connectivity index (χ1) is 7.86. The predicted molar refractivity (Wildman–Crippen MR) is 72.7 cm³/mol. The summed E-state index contributed by atoms with van der Waals surface area (Å²) in [6.07, 6.45) is 5.27. The van der Waals surface area contributed by atoms with E-state index in [0.29, 0.717) is 12.3 Å². The largest absolute Gasteiger partial charge is 0.377 e. The number of allylic oxidation sites excluding steroid dienone is 2. The molecule has 0 spiro atoms. The molecule has 1 aliphatic rings. The van der Waals surface area contributed by atoms with Crippen LogP contribution in [-0.2, 0) is 4.79 Å². The monoisotopic (exact) mass is 235 g/mol. The summed E-state index contributed by atoms with van der Waals surface area (Å²) >= 11 is 0. The quantitative estimate of drug-likeness (QED) is 0.681. The number of carbonyl (C=O) groups excluding carboxylic acids is 1. The van der Waals surface area contributed by atoms with Crippen molar-refractivity contribution >= 4 is 5.78 Å². The third-order valence-electron chi connectivity index (χ3n) is 3.29. The van der Waals surface area contributed by atoms with Crippen LogP contribution in [0.25, 0.3) is 0 Å². The van der Waals surface area contributed by atoms with Crippen molar-refractivity contribution in [2.75, 3.05) is 13.1 Å². The molecule has 96 valence electrons. The molecular weight excluding hydrogens is 210 g/mol. The third-order valence-corrected chi connectivity index (χ3v) is 3.29. The van der Waals surface area contributed by atoms with Crippen LogP contribution < -0.4 is 0 Å². The molecule has 17 heavy (non-hydrogen) atoms. The molecule has 0 aromatic heterocycles. The van der Waals surface area contributed by atoms with E-state index >= 15 is 0 Å². The van der Waals surface area contributed by atoms with E-state index in [1.54, 1.807) is 6.08 Å². The molecule has 1 heterocycles. The molecule has 2 heteroatoms. The van der Waals surface area contributed by atoms with Crippen LogP contribution in [0.3, 0.4) is 0 Å². The fraction of sp³-hybridized carbons (Fsp3) is 0.667. The Labute approximate surface area is 105 Å². The van der Waals surface area contributed by atoms with Crippen LogP contribution in [0.5, 0.6) is 0 Å². The fourth-order valence-electron chi connectivity index (χ4n) is 2.28. The fourth-order valence-corrected chi connectivity index (χ4v) is 2.28. The van der Waals surface area contributed by atoms with Gasteiger partial charge in [0.2, 0.25) is 0 Å². The van der Waals surface area contributed by atoms with Crippen LogP contribution in [0.4, 0.5) is 0 Å². The summed E-state index contributed by atoms with van der Waals surface area (Å²) in [4.78, 5) is 14.4. The third kappa shape index (κ3) is 3.72. The molecule has 0 unspecified atom stereocenters. The molecule has 0 aromatic carbocycles. The number of hydrogen-bond donors (Lipinski definition) is 0. The van der Waals surface area contributed by atoms with Crippen molar-refractivity contribution in [3.63, 3.8) is 0 Å². The molecule has 0 N–H and O–H groups in total. The molecule has 0 aromatic rings. The van der Waals surface area contributed by atoms with Crippen molar-refractivity contribution in [3.05, 3.63) is 24.4 Å². The number of Topliss-reactive ketones (excluding diaryl/α,β-unsaturated/α-hetero) is 1. The number of nitrogens with zero attached hydrogens (tertiary/aromatic N) is 1. The van der Waals surface area contributed by atoms with E-state index in [-0.39, 0.29) is 11.2 Å². The summed E-state index contributed by atoms with van der Waals surface area (Å²) in [5.41, 5.74) is 0.970. The highest BCUT2D eigenvalue weighted by Gasteiger charge is 2.32. The Morgan fingerprint density at radius 1 is 1.59 bits per heavy atom. The Morgan fingerprint density at radius 3 is 2.76 bits per heavy atom. The zero-order valence-electron chi connectivity index (χ0n) is 11.6. The lowest BCUT2D eigenvalue weighted by Gasteiger charge is -2.37. The molecule has 0 amide bonds. The highest BCUT2D eigenvalue weighted by atomic mass is 16.1. The molecule has 0 saturated heterocycles. The maximum absolute atomic E-state index is 12.1. The second kappa shape index (κ2) is 5.52. The van der Waals surface area contributed by atoms with E-state index in [9.17, 15) is 4.79 Å². The Kier molecular flexibility index (Phi) is 4.55. The molecule has 0 saturated carbocycles. The van der Waals surface area contributed by atoms with E-state index in [1.165, 1.54) is 0 Å². The highest BCUT2D eigenvalue weighted by Crippen LogP contribution is 2.35. The van der Waals surface area contributed by atoms with Crippen molar-refractivity contribution in [2.24, 2.45) is 11.3 Å². The summed E-state index contributed by atoms with van der Waals surface area (Å²) in [5, 5.41) is 0. The van der Waals surface area contributed by atoms with Gasteiger partial charge in [-0.1, -0.05) is 33.8 Å². The van der Waals surface area contributed by atoms with Gasteiger partial charge in [-0.05, 0) is 17.8 Å². The smallest absolute Gasteiger partial charge is 0.164 e. The summed E-state index contributed by atoms with van der Waals surface area (Å²) in [5.74, 6) is 0.849. The van der Waals surface area contributed by atoms with Gasteiger partial charge in [-0.3, -0.25) is 4.79 Å². The average Bonchev–Trinajstić information content (AvgIpc) is 2.20. The Balaban J connectivity index is 2.88. The number of rotatable bonds is 5. The lowest BCUT2D eigenvalue weighted by atomic mass is 9.76. The first-order valence-electron chi connectivity index (χ1n) is 6.47. The van der Waals surface area contributed by atoms with Crippen molar-refractivity contribution in [1.82, 2.24) is 4.90 Å². The van der Waals surface area contributed by atoms with Gasteiger partial charge in [0.1, 0.15) is 0 Å². The molecule has 2 nitrogen and oxygen atoms in total. The van der Waals surface area contributed by atoms with E-state index in [2.05, 4.69) is 45.4 Å².